The number of aliphatic hydroxyl groups is 1. The first kappa shape index (κ1) is 36.0. The molecule has 4 N–H and O–H groups in total. The van der Waals surface area contributed by atoms with E-state index >= 15 is 0 Å². The Labute approximate surface area is 223 Å². The molecule has 0 amide bonds. The van der Waals surface area contributed by atoms with Gasteiger partial charge in [0, 0.05) is 19.4 Å². The van der Waals surface area contributed by atoms with E-state index in [1.165, 1.54) is 64.2 Å². The highest BCUT2D eigenvalue weighted by molar-refractivity contribution is 7.45. The lowest BCUT2D eigenvalue weighted by atomic mass is 10.0. The minimum Gasteiger partial charge on any atom is -0.756 e. The third-order valence-electron chi connectivity index (χ3n) is 5.81. The molecule has 0 radical (unpaired) electrons. The summed E-state index contributed by atoms with van der Waals surface area (Å²) in [4.78, 5) is 35.9. The van der Waals surface area contributed by atoms with Gasteiger partial charge in [-0.15, -0.1) is 0 Å². The number of aliphatic hydroxyl groups excluding tert-OH is 1. The zero-order chi connectivity index (χ0) is 27.6. The van der Waals surface area contributed by atoms with Crippen LogP contribution in [0.2, 0.25) is 0 Å². The molecule has 0 aromatic rings. The van der Waals surface area contributed by atoms with Gasteiger partial charge in [-0.1, -0.05) is 84.0 Å². The largest absolute Gasteiger partial charge is 0.756 e. The molecule has 0 aliphatic carbocycles. The average Bonchev–Trinajstić information content (AvgIpc) is 2.87. The second-order valence-electron chi connectivity index (χ2n) is 9.40. The Morgan fingerprint density at radius 2 is 1.30 bits per heavy atom. The Morgan fingerprint density at radius 1 is 0.784 bits per heavy atom. The number of phosphoric acid groups is 1. The normalized spacial score (nSPS) is 13.7. The highest BCUT2D eigenvalue weighted by Gasteiger charge is 2.21. The lowest BCUT2D eigenvalue weighted by Gasteiger charge is -2.25. The monoisotopic (exact) mass is 553 g/mol. The van der Waals surface area contributed by atoms with Crippen LogP contribution in [-0.4, -0.2) is 56.1 Å². The van der Waals surface area contributed by atoms with Crippen LogP contribution in [0.15, 0.2) is 0 Å². The van der Waals surface area contributed by atoms with E-state index in [-0.39, 0.29) is 39.2 Å². The molecule has 0 aromatic heterocycles. The molecule has 1 unspecified atom stereocenters. The molecule has 0 aliphatic heterocycles. The van der Waals surface area contributed by atoms with Crippen LogP contribution in [0.1, 0.15) is 116 Å². The van der Waals surface area contributed by atoms with Crippen LogP contribution in [0, 0.1) is 0 Å². The minimum atomic E-state index is -4.58. The van der Waals surface area contributed by atoms with Crippen molar-refractivity contribution in [1.29, 1.82) is 0 Å². The fraction of sp³-hybridized carbons (Fsp3) is 0.923. The lowest BCUT2D eigenvalue weighted by Crippen LogP contribution is -2.52. The van der Waals surface area contributed by atoms with Crippen LogP contribution < -0.4 is 10.6 Å². The zero-order valence-electron chi connectivity index (χ0n) is 23.0. The first-order valence-corrected chi connectivity index (χ1v) is 15.7. The Bertz CT molecular complexity index is 607. The van der Waals surface area contributed by atoms with Crippen molar-refractivity contribution in [3.8, 4) is 0 Å². The molecule has 0 spiro atoms. The summed E-state index contributed by atoms with van der Waals surface area (Å²) in [5.74, 6) is -1.02. The highest BCUT2D eigenvalue weighted by atomic mass is 31.2. The summed E-state index contributed by atoms with van der Waals surface area (Å²) >= 11 is 0. The Morgan fingerprint density at radius 3 is 1.84 bits per heavy atom. The summed E-state index contributed by atoms with van der Waals surface area (Å²) in [5.41, 5.74) is 3.49. The standard InChI is InChI=1S/C26H52NO9P/c1-2-3-4-5-6-7-8-9-10-11-12-13-14-17-25(29)33-22-24(36-26(30)18-15-16-20-28)23-35-37(31,32)34-21-19-27/h24,28H,2-23,27H2,1H3,(H,31,32)/t24-/m1/s1. The number of unbranched alkanes of at least 4 members (excludes halogenated alkanes) is 13. The van der Waals surface area contributed by atoms with E-state index in [2.05, 4.69) is 17.2 Å². The number of hydrogen-bond acceptors (Lipinski definition) is 9. The smallest absolute Gasteiger partial charge is 0.306 e. The van der Waals surface area contributed by atoms with Crippen molar-refractivity contribution in [3.05, 3.63) is 0 Å². The topological polar surface area (TPSA) is 159 Å². The molecule has 0 aliphatic rings. The number of hydrogen-bond donors (Lipinski definition) is 2. The Kier molecular flexibility index (Phi) is 24.6. The van der Waals surface area contributed by atoms with E-state index in [9.17, 15) is 19.0 Å². The van der Waals surface area contributed by atoms with Crippen LogP contribution in [0.3, 0.4) is 0 Å². The van der Waals surface area contributed by atoms with E-state index in [4.69, 9.17) is 19.1 Å². The van der Waals surface area contributed by atoms with Gasteiger partial charge in [0.05, 0.1) is 13.2 Å². The lowest BCUT2D eigenvalue weighted by molar-refractivity contribution is -0.373. The molecule has 0 saturated heterocycles. The Hall–Kier alpha value is -1.03. The minimum absolute atomic E-state index is 0.0420. The second kappa shape index (κ2) is 25.3. The van der Waals surface area contributed by atoms with Crippen molar-refractivity contribution >= 4 is 19.8 Å². The van der Waals surface area contributed by atoms with Gasteiger partial charge in [0.15, 0.2) is 6.10 Å². The van der Waals surface area contributed by atoms with Crippen molar-refractivity contribution in [2.24, 2.45) is 0 Å². The maximum absolute atomic E-state index is 12.1. The van der Waals surface area contributed by atoms with Gasteiger partial charge in [0.2, 0.25) is 0 Å². The number of quaternary nitrogens is 1. The number of phosphoric ester groups is 1. The molecule has 0 rings (SSSR count). The van der Waals surface area contributed by atoms with E-state index in [0.717, 1.165) is 12.8 Å². The van der Waals surface area contributed by atoms with Crippen molar-refractivity contribution in [2.45, 2.75) is 122 Å². The number of carbonyl (C=O) groups is 2. The summed E-state index contributed by atoms with van der Waals surface area (Å²) in [6, 6.07) is 0. The van der Waals surface area contributed by atoms with Crippen molar-refractivity contribution < 1.29 is 48.4 Å². The fourth-order valence-corrected chi connectivity index (χ4v) is 4.45. The summed E-state index contributed by atoms with van der Waals surface area (Å²) in [6.07, 6.45) is 15.8. The molecular weight excluding hydrogens is 501 g/mol. The molecule has 0 fully saturated rings. The molecule has 37 heavy (non-hydrogen) atoms. The van der Waals surface area contributed by atoms with Gasteiger partial charge in [-0.2, -0.15) is 0 Å². The van der Waals surface area contributed by atoms with Crippen LogP contribution in [-0.2, 0) is 32.7 Å². The summed E-state index contributed by atoms with van der Waals surface area (Å²) in [7, 11) is -4.58. The SMILES string of the molecule is CCCCCCCCCCCCCCCC(=O)OC[C@H](COP(=O)([O-])OCC[NH3+])OC(=O)CCCCO. The van der Waals surface area contributed by atoms with Gasteiger partial charge in [-0.25, -0.2) is 0 Å². The van der Waals surface area contributed by atoms with Crippen molar-refractivity contribution in [3.63, 3.8) is 0 Å². The van der Waals surface area contributed by atoms with Gasteiger partial charge in [-0.05, 0) is 19.3 Å². The number of rotatable bonds is 27. The van der Waals surface area contributed by atoms with Crippen molar-refractivity contribution in [2.75, 3.05) is 33.0 Å². The summed E-state index contributed by atoms with van der Waals surface area (Å²) in [6.45, 7) is 1.49. The van der Waals surface area contributed by atoms with Gasteiger partial charge >= 0.3 is 11.9 Å². The van der Waals surface area contributed by atoms with E-state index in [1.807, 2.05) is 0 Å². The second-order valence-corrected chi connectivity index (χ2v) is 10.8. The molecule has 0 heterocycles. The number of esters is 2. The van der Waals surface area contributed by atoms with Gasteiger partial charge < -0.3 is 34.3 Å². The fourth-order valence-electron chi connectivity index (χ4n) is 3.68. The third kappa shape index (κ3) is 25.0. The van der Waals surface area contributed by atoms with Crippen LogP contribution in [0.4, 0.5) is 0 Å². The molecule has 10 nitrogen and oxygen atoms in total. The summed E-state index contributed by atoms with van der Waals surface area (Å²) < 4.78 is 31.6. The Balaban J connectivity index is 4.11. The maximum Gasteiger partial charge on any atom is 0.306 e. The molecule has 0 saturated carbocycles. The van der Waals surface area contributed by atoms with Crippen LogP contribution in [0.25, 0.3) is 0 Å². The predicted octanol–water partition coefficient (Wildman–Crippen LogP) is 3.83. The molecule has 0 bridgehead atoms. The van der Waals surface area contributed by atoms with Gasteiger partial charge in [0.1, 0.15) is 13.2 Å². The maximum atomic E-state index is 12.1. The molecular formula is C26H52NO9P. The van der Waals surface area contributed by atoms with Crippen molar-refractivity contribution in [1.82, 2.24) is 0 Å². The predicted molar refractivity (Wildman–Crippen MR) is 139 cm³/mol. The molecule has 11 heteroatoms. The molecule has 220 valence electrons. The van der Waals surface area contributed by atoms with Gasteiger partial charge in [-0.3, -0.25) is 14.2 Å². The van der Waals surface area contributed by atoms with E-state index in [0.29, 0.717) is 19.3 Å². The highest BCUT2D eigenvalue weighted by Crippen LogP contribution is 2.38. The first-order chi connectivity index (χ1) is 17.8. The van der Waals surface area contributed by atoms with Crippen LogP contribution in [0.5, 0.6) is 0 Å². The van der Waals surface area contributed by atoms with E-state index in [1.54, 1.807) is 0 Å². The number of carbonyl (C=O) groups excluding carboxylic acids is 2. The van der Waals surface area contributed by atoms with Crippen LogP contribution >= 0.6 is 7.82 Å². The summed E-state index contributed by atoms with van der Waals surface area (Å²) in [5, 5.41) is 8.83. The molecule has 2 atom stereocenters. The third-order valence-corrected chi connectivity index (χ3v) is 6.78. The zero-order valence-corrected chi connectivity index (χ0v) is 23.9. The van der Waals surface area contributed by atoms with E-state index < -0.39 is 32.5 Å². The molecule has 0 aromatic carbocycles. The first-order valence-electron chi connectivity index (χ1n) is 14.2. The van der Waals surface area contributed by atoms with Gasteiger partial charge in [0.25, 0.3) is 7.82 Å². The quantitative estimate of drug-likeness (QED) is 0.0875. The number of ether oxygens (including phenoxy) is 2. The average molecular weight is 554 g/mol.